The fourth-order valence-corrected chi connectivity index (χ4v) is 1.76. The van der Waals surface area contributed by atoms with Crippen LogP contribution >= 0.6 is 0 Å². The van der Waals surface area contributed by atoms with Crippen molar-refractivity contribution in [1.29, 1.82) is 0 Å². The third kappa shape index (κ3) is 2.89. The van der Waals surface area contributed by atoms with Crippen LogP contribution in [0.5, 0.6) is 0 Å². The number of para-hydroxylation sites is 1. The molecule has 0 saturated carbocycles. The number of benzene rings is 2. The van der Waals surface area contributed by atoms with Gasteiger partial charge in [0.2, 0.25) is 0 Å². The van der Waals surface area contributed by atoms with Crippen molar-refractivity contribution in [2.24, 2.45) is 5.84 Å². The fraction of sp³-hybridized carbons (Fsp3) is 0.0714. The first-order valence-electron chi connectivity index (χ1n) is 5.75. The van der Waals surface area contributed by atoms with Crippen LogP contribution in [0.4, 0.5) is 15.8 Å². The van der Waals surface area contributed by atoms with Crippen molar-refractivity contribution >= 4 is 17.3 Å². The van der Waals surface area contributed by atoms with Crippen LogP contribution in [-0.2, 0) is 0 Å². The summed E-state index contributed by atoms with van der Waals surface area (Å²) in [5, 5.41) is 2.54. The molecule has 0 aliphatic heterocycles. The maximum Gasteiger partial charge on any atom is 0.256 e. The highest BCUT2D eigenvalue weighted by Gasteiger charge is 2.11. The highest BCUT2D eigenvalue weighted by atomic mass is 19.1. The van der Waals surface area contributed by atoms with Crippen LogP contribution in [0, 0.1) is 12.7 Å². The van der Waals surface area contributed by atoms with E-state index in [1.165, 1.54) is 12.1 Å². The van der Waals surface area contributed by atoms with Gasteiger partial charge in [-0.1, -0.05) is 12.1 Å². The molecule has 0 aromatic heterocycles. The number of hydrogen-bond acceptors (Lipinski definition) is 3. The van der Waals surface area contributed by atoms with Gasteiger partial charge < -0.3 is 10.7 Å². The Labute approximate surface area is 110 Å². The Balaban J connectivity index is 2.23. The molecule has 0 spiro atoms. The van der Waals surface area contributed by atoms with E-state index in [1.54, 1.807) is 37.3 Å². The number of nitrogens with two attached hydrogens (primary N) is 1. The van der Waals surface area contributed by atoms with E-state index >= 15 is 0 Å². The molecule has 0 bridgehead atoms. The molecule has 0 aliphatic rings. The second kappa shape index (κ2) is 5.49. The minimum atomic E-state index is -0.464. The van der Waals surface area contributed by atoms with Gasteiger partial charge in [0.1, 0.15) is 5.82 Å². The van der Waals surface area contributed by atoms with Crippen LogP contribution < -0.4 is 16.6 Å². The van der Waals surface area contributed by atoms with Gasteiger partial charge in [0.15, 0.2) is 0 Å². The highest BCUT2D eigenvalue weighted by Crippen LogP contribution is 2.18. The van der Waals surface area contributed by atoms with Gasteiger partial charge in [-0.2, -0.15) is 0 Å². The topological polar surface area (TPSA) is 67.1 Å². The van der Waals surface area contributed by atoms with E-state index in [1.807, 2.05) is 0 Å². The van der Waals surface area contributed by atoms with Gasteiger partial charge in [-0.25, -0.2) is 4.39 Å². The molecule has 2 aromatic rings. The number of nitrogens with one attached hydrogen (secondary N) is 2. The summed E-state index contributed by atoms with van der Waals surface area (Å²) in [7, 11) is 0. The molecule has 0 atom stereocenters. The molecule has 1 amide bonds. The monoisotopic (exact) mass is 259 g/mol. The first-order chi connectivity index (χ1) is 9.11. The first-order valence-corrected chi connectivity index (χ1v) is 5.75. The van der Waals surface area contributed by atoms with Gasteiger partial charge in [-0.05, 0) is 42.8 Å². The van der Waals surface area contributed by atoms with Crippen LogP contribution in [0.1, 0.15) is 15.9 Å². The third-order valence-corrected chi connectivity index (χ3v) is 2.76. The Morgan fingerprint density at radius 2 is 1.95 bits per heavy atom. The molecule has 2 aromatic carbocycles. The number of carbonyl (C=O) groups excluding carboxylic acids is 1. The van der Waals surface area contributed by atoms with Crippen molar-refractivity contribution in [1.82, 2.24) is 0 Å². The zero-order valence-corrected chi connectivity index (χ0v) is 10.4. The van der Waals surface area contributed by atoms with Crippen molar-refractivity contribution in [2.75, 3.05) is 10.7 Å². The van der Waals surface area contributed by atoms with Gasteiger partial charge in [0, 0.05) is 11.3 Å². The van der Waals surface area contributed by atoms with Crippen LogP contribution in [-0.4, -0.2) is 5.91 Å². The van der Waals surface area contributed by atoms with Crippen molar-refractivity contribution < 1.29 is 9.18 Å². The van der Waals surface area contributed by atoms with Crippen molar-refractivity contribution in [3.8, 4) is 0 Å². The minimum absolute atomic E-state index is 0.160. The summed E-state index contributed by atoms with van der Waals surface area (Å²) in [5.74, 6) is 4.47. The summed E-state index contributed by atoms with van der Waals surface area (Å²) in [6.45, 7) is 1.79. The number of amides is 1. The van der Waals surface area contributed by atoms with Crippen LogP contribution in [0.15, 0.2) is 42.5 Å². The smallest absolute Gasteiger partial charge is 0.256 e. The number of rotatable bonds is 3. The molecule has 2 rings (SSSR count). The van der Waals surface area contributed by atoms with Crippen molar-refractivity contribution in [3.05, 3.63) is 59.4 Å². The molecule has 0 saturated heterocycles. The lowest BCUT2D eigenvalue weighted by Crippen LogP contribution is -2.15. The highest BCUT2D eigenvalue weighted by molar-refractivity contribution is 6.05. The lowest BCUT2D eigenvalue weighted by atomic mass is 10.1. The summed E-state index contributed by atoms with van der Waals surface area (Å²) in [5.41, 5.74) is 4.60. The quantitative estimate of drug-likeness (QED) is 0.586. The number of carbonyl (C=O) groups is 1. The number of hydrogen-bond donors (Lipinski definition) is 3. The predicted molar refractivity (Wildman–Crippen MR) is 73.3 cm³/mol. The van der Waals surface area contributed by atoms with Gasteiger partial charge in [-0.15, -0.1) is 0 Å². The second-order valence-electron chi connectivity index (χ2n) is 4.11. The summed E-state index contributed by atoms with van der Waals surface area (Å²) < 4.78 is 13.4. The Bertz CT molecular complexity index is 613. The molecule has 0 radical (unpaired) electrons. The molecule has 0 aliphatic carbocycles. The molecule has 19 heavy (non-hydrogen) atoms. The zero-order valence-electron chi connectivity index (χ0n) is 10.4. The van der Waals surface area contributed by atoms with E-state index in [2.05, 4.69) is 10.7 Å². The lowest BCUT2D eigenvalue weighted by molar-refractivity contribution is 0.102. The van der Waals surface area contributed by atoms with Gasteiger partial charge >= 0.3 is 0 Å². The number of halogens is 1. The molecular weight excluding hydrogens is 245 g/mol. The first kappa shape index (κ1) is 13.0. The molecule has 0 heterocycles. The summed E-state index contributed by atoms with van der Waals surface area (Å²) in [6.07, 6.45) is 0. The Hall–Kier alpha value is -2.40. The maximum atomic E-state index is 13.4. The SMILES string of the molecule is Cc1cc(NN)ccc1C(=O)Nc1ccccc1F. The number of anilines is 2. The average molecular weight is 259 g/mol. The van der Waals surface area contributed by atoms with Gasteiger partial charge in [0.25, 0.3) is 5.91 Å². The normalized spacial score (nSPS) is 10.1. The molecule has 0 fully saturated rings. The van der Waals surface area contributed by atoms with E-state index < -0.39 is 5.82 Å². The van der Waals surface area contributed by atoms with Crippen LogP contribution in [0.2, 0.25) is 0 Å². The molecule has 5 heteroatoms. The van der Waals surface area contributed by atoms with Gasteiger partial charge in [0.05, 0.1) is 5.69 Å². The van der Waals surface area contributed by atoms with E-state index in [0.29, 0.717) is 11.3 Å². The van der Waals surface area contributed by atoms with E-state index in [-0.39, 0.29) is 11.6 Å². The molecular formula is C14H14FN3O. The maximum absolute atomic E-state index is 13.4. The summed E-state index contributed by atoms with van der Waals surface area (Å²) in [6, 6.07) is 11.1. The fourth-order valence-electron chi connectivity index (χ4n) is 1.76. The van der Waals surface area contributed by atoms with Crippen molar-refractivity contribution in [2.45, 2.75) is 6.92 Å². The predicted octanol–water partition coefficient (Wildman–Crippen LogP) is 2.67. The molecule has 4 N–H and O–H groups in total. The minimum Gasteiger partial charge on any atom is -0.324 e. The third-order valence-electron chi connectivity index (χ3n) is 2.76. The standard InChI is InChI=1S/C14H14FN3O/c1-9-8-10(18-16)6-7-11(9)14(19)17-13-5-3-2-4-12(13)15/h2-8,18H,16H2,1H3,(H,17,19). The zero-order chi connectivity index (χ0) is 13.8. The number of hydrazine groups is 1. The van der Waals surface area contributed by atoms with Gasteiger partial charge in [-0.3, -0.25) is 10.6 Å². The van der Waals surface area contributed by atoms with E-state index in [9.17, 15) is 9.18 Å². The van der Waals surface area contributed by atoms with E-state index in [4.69, 9.17) is 5.84 Å². The van der Waals surface area contributed by atoms with E-state index in [0.717, 1.165) is 5.56 Å². The average Bonchev–Trinajstić information content (AvgIpc) is 2.41. The van der Waals surface area contributed by atoms with Crippen LogP contribution in [0.25, 0.3) is 0 Å². The second-order valence-corrected chi connectivity index (χ2v) is 4.11. The van der Waals surface area contributed by atoms with Crippen LogP contribution in [0.3, 0.4) is 0 Å². The largest absolute Gasteiger partial charge is 0.324 e. The summed E-state index contributed by atoms with van der Waals surface area (Å²) in [4.78, 5) is 12.1. The number of aryl methyl sites for hydroxylation is 1. The lowest BCUT2D eigenvalue weighted by Gasteiger charge is -2.09. The Morgan fingerprint density at radius 1 is 1.21 bits per heavy atom. The Kier molecular flexibility index (Phi) is 3.77. The molecule has 0 unspecified atom stereocenters. The number of nitrogen functional groups attached to an aromatic ring is 1. The molecule has 98 valence electrons. The van der Waals surface area contributed by atoms with Crippen molar-refractivity contribution in [3.63, 3.8) is 0 Å². The summed E-state index contributed by atoms with van der Waals surface area (Å²) >= 11 is 0. The Morgan fingerprint density at radius 3 is 2.58 bits per heavy atom. The molecule has 4 nitrogen and oxygen atoms in total.